The molecule has 0 spiro atoms. The van der Waals surface area contributed by atoms with Gasteiger partial charge in [-0.15, -0.1) is 0 Å². The predicted octanol–water partition coefficient (Wildman–Crippen LogP) is 3.77. The van der Waals surface area contributed by atoms with Gasteiger partial charge in [0.25, 0.3) is 0 Å². The molecule has 0 unspecified atom stereocenters. The number of piperidine rings is 1. The standard InChI is InChI=1S/C21H25ClF4N6O2/c22-13-7-12(21(24,25)26)8-15(9-13)31-16(20(33)34)4-1-5-28-14-3-2-6-32(10-14)19-17(23)18(27)29-11-30-19/h7-9,11,14,16,28,31H,1-6,10H2,(H,33,34)(H2,27,29,30)/t14-,16-/m1/s1. The largest absolute Gasteiger partial charge is 0.480 e. The van der Waals surface area contributed by atoms with Crippen LogP contribution in [-0.2, 0) is 11.0 Å². The molecule has 1 aliphatic rings. The van der Waals surface area contributed by atoms with Crippen molar-refractivity contribution in [3.05, 3.63) is 40.9 Å². The van der Waals surface area contributed by atoms with Gasteiger partial charge in [0.05, 0.1) is 5.56 Å². The zero-order valence-corrected chi connectivity index (χ0v) is 18.8. The normalized spacial score (nSPS) is 17.4. The lowest BCUT2D eigenvalue weighted by Gasteiger charge is -2.34. The maximum absolute atomic E-state index is 14.2. The van der Waals surface area contributed by atoms with Gasteiger partial charge in [-0.1, -0.05) is 11.6 Å². The second kappa shape index (κ2) is 11.0. The number of alkyl halides is 3. The summed E-state index contributed by atoms with van der Waals surface area (Å²) < 4.78 is 53.2. The van der Waals surface area contributed by atoms with Gasteiger partial charge >= 0.3 is 12.1 Å². The minimum atomic E-state index is -4.60. The van der Waals surface area contributed by atoms with E-state index in [0.29, 0.717) is 26.1 Å². The third-order valence-corrected chi connectivity index (χ3v) is 5.70. The summed E-state index contributed by atoms with van der Waals surface area (Å²) in [6.45, 7) is 1.59. The molecule has 1 aromatic carbocycles. The molecule has 34 heavy (non-hydrogen) atoms. The van der Waals surface area contributed by atoms with Crippen molar-refractivity contribution < 1.29 is 27.5 Å². The minimum Gasteiger partial charge on any atom is -0.480 e. The number of benzene rings is 1. The van der Waals surface area contributed by atoms with Crippen molar-refractivity contribution in [1.82, 2.24) is 15.3 Å². The highest BCUT2D eigenvalue weighted by molar-refractivity contribution is 6.31. The van der Waals surface area contributed by atoms with Crippen LogP contribution in [0.2, 0.25) is 5.02 Å². The molecule has 8 nitrogen and oxygen atoms in total. The minimum absolute atomic E-state index is 0.0192. The maximum Gasteiger partial charge on any atom is 0.416 e. The molecule has 1 fully saturated rings. The van der Waals surface area contributed by atoms with Crippen molar-refractivity contribution in [2.24, 2.45) is 0 Å². The first-order chi connectivity index (χ1) is 16.0. The number of hydrogen-bond donors (Lipinski definition) is 4. The number of nitrogens with zero attached hydrogens (tertiary/aromatic N) is 3. The molecule has 5 N–H and O–H groups in total. The van der Waals surface area contributed by atoms with Gasteiger partial charge in [-0.05, 0) is 50.4 Å². The van der Waals surface area contributed by atoms with E-state index in [2.05, 4.69) is 20.6 Å². The topological polar surface area (TPSA) is 116 Å². The van der Waals surface area contributed by atoms with Gasteiger partial charge in [-0.2, -0.15) is 17.6 Å². The van der Waals surface area contributed by atoms with Crippen LogP contribution < -0.4 is 21.3 Å². The Morgan fingerprint density at radius 3 is 2.79 bits per heavy atom. The fourth-order valence-corrected chi connectivity index (χ4v) is 4.07. The quantitative estimate of drug-likeness (QED) is 0.301. The number of rotatable bonds is 9. The highest BCUT2D eigenvalue weighted by Crippen LogP contribution is 2.33. The Morgan fingerprint density at radius 2 is 2.09 bits per heavy atom. The van der Waals surface area contributed by atoms with Crippen LogP contribution in [0.3, 0.4) is 0 Å². The van der Waals surface area contributed by atoms with Crippen molar-refractivity contribution in [3.63, 3.8) is 0 Å². The van der Waals surface area contributed by atoms with E-state index in [0.717, 1.165) is 25.0 Å². The number of hydrogen-bond acceptors (Lipinski definition) is 7. The highest BCUT2D eigenvalue weighted by Gasteiger charge is 2.31. The van der Waals surface area contributed by atoms with E-state index < -0.39 is 29.6 Å². The second-order valence-corrected chi connectivity index (χ2v) is 8.48. The van der Waals surface area contributed by atoms with E-state index in [1.54, 1.807) is 4.90 Å². The lowest BCUT2D eigenvalue weighted by atomic mass is 10.0. The Balaban J connectivity index is 1.52. The number of carbonyl (C=O) groups is 1. The molecule has 2 heterocycles. The summed E-state index contributed by atoms with van der Waals surface area (Å²) in [4.78, 5) is 21.0. The van der Waals surface area contributed by atoms with Crippen LogP contribution in [0.4, 0.5) is 34.9 Å². The number of carboxylic acids is 1. The average Bonchev–Trinajstić information content (AvgIpc) is 2.77. The van der Waals surface area contributed by atoms with Crippen LogP contribution in [-0.4, -0.2) is 52.8 Å². The van der Waals surface area contributed by atoms with E-state index >= 15 is 0 Å². The van der Waals surface area contributed by atoms with Gasteiger partial charge in [-0.25, -0.2) is 14.8 Å². The first-order valence-corrected chi connectivity index (χ1v) is 11.0. The third-order valence-electron chi connectivity index (χ3n) is 5.49. The monoisotopic (exact) mass is 504 g/mol. The van der Waals surface area contributed by atoms with Gasteiger partial charge in [-0.3, -0.25) is 0 Å². The van der Waals surface area contributed by atoms with E-state index in [9.17, 15) is 27.5 Å². The van der Waals surface area contributed by atoms with Crippen LogP contribution >= 0.6 is 11.6 Å². The van der Waals surface area contributed by atoms with Gasteiger partial charge in [0, 0.05) is 29.8 Å². The molecule has 0 amide bonds. The summed E-state index contributed by atoms with van der Waals surface area (Å²) in [5.41, 5.74) is 4.54. The van der Waals surface area contributed by atoms with Crippen molar-refractivity contribution >= 4 is 34.9 Å². The highest BCUT2D eigenvalue weighted by atomic mass is 35.5. The summed E-state index contributed by atoms with van der Waals surface area (Å²) in [6.07, 6.45) is -1.12. The van der Waals surface area contributed by atoms with Gasteiger partial charge in [0.2, 0.25) is 5.82 Å². The Labute approximate surface area is 198 Å². The number of aliphatic carboxylic acids is 1. The molecule has 2 aromatic rings. The first kappa shape index (κ1) is 25.8. The van der Waals surface area contributed by atoms with Crippen LogP contribution in [0.1, 0.15) is 31.2 Å². The van der Waals surface area contributed by atoms with Crippen molar-refractivity contribution in [2.45, 2.75) is 43.9 Å². The summed E-state index contributed by atoms with van der Waals surface area (Å²) >= 11 is 5.77. The number of carboxylic acid groups (broad SMARTS) is 1. The number of aromatic nitrogens is 2. The van der Waals surface area contributed by atoms with Crippen LogP contribution in [0.5, 0.6) is 0 Å². The Hall–Kier alpha value is -2.86. The summed E-state index contributed by atoms with van der Waals surface area (Å²) in [6, 6.07) is 1.79. The van der Waals surface area contributed by atoms with Crippen molar-refractivity contribution in [3.8, 4) is 0 Å². The van der Waals surface area contributed by atoms with Crippen molar-refractivity contribution in [1.29, 1.82) is 0 Å². The molecular weight excluding hydrogens is 480 g/mol. The smallest absolute Gasteiger partial charge is 0.416 e. The van der Waals surface area contributed by atoms with Crippen LogP contribution in [0, 0.1) is 5.82 Å². The van der Waals surface area contributed by atoms with Gasteiger partial charge in [0.15, 0.2) is 11.6 Å². The molecule has 2 atom stereocenters. The molecule has 1 aliphatic heterocycles. The van der Waals surface area contributed by atoms with E-state index in [4.69, 9.17) is 17.3 Å². The number of nitrogens with one attached hydrogen (secondary N) is 2. The van der Waals surface area contributed by atoms with E-state index in [-0.39, 0.29) is 34.8 Å². The molecule has 13 heteroatoms. The van der Waals surface area contributed by atoms with Crippen LogP contribution in [0.15, 0.2) is 24.5 Å². The molecule has 0 radical (unpaired) electrons. The number of halogens is 5. The van der Waals surface area contributed by atoms with E-state index in [1.165, 1.54) is 12.4 Å². The fraction of sp³-hybridized carbons (Fsp3) is 0.476. The summed E-state index contributed by atoms with van der Waals surface area (Å²) in [5, 5.41) is 15.3. The molecule has 0 saturated carbocycles. The maximum atomic E-state index is 14.2. The molecular formula is C21H25ClF4N6O2. The molecule has 0 bridgehead atoms. The van der Waals surface area contributed by atoms with Crippen LogP contribution in [0.25, 0.3) is 0 Å². The van der Waals surface area contributed by atoms with E-state index in [1.807, 2.05) is 0 Å². The van der Waals surface area contributed by atoms with Gasteiger partial charge in [0.1, 0.15) is 12.4 Å². The lowest BCUT2D eigenvalue weighted by molar-refractivity contribution is -0.138. The fourth-order valence-electron chi connectivity index (χ4n) is 3.84. The summed E-state index contributed by atoms with van der Waals surface area (Å²) in [7, 11) is 0. The Bertz CT molecular complexity index is 1010. The first-order valence-electron chi connectivity index (χ1n) is 10.7. The number of nitrogens with two attached hydrogens (primary N) is 1. The predicted molar refractivity (Wildman–Crippen MR) is 120 cm³/mol. The molecule has 1 saturated heterocycles. The lowest BCUT2D eigenvalue weighted by Crippen LogP contribution is -2.46. The number of anilines is 3. The molecule has 0 aliphatic carbocycles. The summed E-state index contributed by atoms with van der Waals surface area (Å²) in [5.74, 6) is -1.91. The molecule has 186 valence electrons. The second-order valence-electron chi connectivity index (χ2n) is 8.04. The molecule has 3 rings (SSSR count). The average molecular weight is 505 g/mol. The van der Waals surface area contributed by atoms with Gasteiger partial charge < -0.3 is 26.4 Å². The zero-order valence-electron chi connectivity index (χ0n) is 18.1. The SMILES string of the molecule is Nc1ncnc(N2CCC[C@@H](NCCC[C@@H](Nc3cc(Cl)cc(C(F)(F)F)c3)C(=O)O)C2)c1F. The zero-order chi connectivity index (χ0) is 24.9. The van der Waals surface area contributed by atoms with Crippen molar-refractivity contribution in [2.75, 3.05) is 35.6 Å². The number of nitrogen functional groups attached to an aromatic ring is 1. The Morgan fingerprint density at radius 1 is 1.32 bits per heavy atom. The Kier molecular flexibility index (Phi) is 8.37. The molecule has 1 aromatic heterocycles. The third kappa shape index (κ3) is 6.83.